The number of aryl methyl sites for hydroxylation is 1. The van der Waals surface area contributed by atoms with Crippen LogP contribution in [0.1, 0.15) is 76.0 Å². The van der Waals surface area contributed by atoms with Gasteiger partial charge in [0.05, 0.1) is 0 Å². The zero-order valence-electron chi connectivity index (χ0n) is 13.2. The van der Waals surface area contributed by atoms with Gasteiger partial charge in [-0.15, -0.1) is 11.3 Å². The summed E-state index contributed by atoms with van der Waals surface area (Å²) < 4.78 is 5.34. The average Bonchev–Trinajstić information content (AvgIpc) is 2.97. The summed E-state index contributed by atoms with van der Waals surface area (Å²) >= 11 is 1.90. The van der Waals surface area contributed by atoms with Crippen molar-refractivity contribution >= 4 is 11.3 Å². The second-order valence-corrected chi connectivity index (χ2v) is 6.59. The van der Waals surface area contributed by atoms with Crippen LogP contribution in [-0.2, 0) is 11.2 Å². The SMILES string of the molecule is CCOCCCCCCCCCCCCc1cccs1. The third-order valence-corrected chi connectivity index (χ3v) is 4.68. The van der Waals surface area contributed by atoms with E-state index in [4.69, 9.17) is 4.74 Å². The standard InChI is InChI=1S/C18H32OS/c1-2-19-16-12-10-8-6-4-3-5-7-9-11-14-18-15-13-17-20-18/h13,15,17H,2-12,14,16H2,1H3. The first kappa shape index (κ1) is 17.7. The summed E-state index contributed by atoms with van der Waals surface area (Å²) in [5, 5.41) is 2.18. The summed E-state index contributed by atoms with van der Waals surface area (Å²) in [5.74, 6) is 0. The first-order valence-corrected chi connectivity index (χ1v) is 9.41. The maximum absolute atomic E-state index is 5.34. The van der Waals surface area contributed by atoms with Crippen LogP contribution in [0.2, 0.25) is 0 Å². The minimum Gasteiger partial charge on any atom is -0.382 e. The topological polar surface area (TPSA) is 9.23 Å². The lowest BCUT2D eigenvalue weighted by Gasteiger charge is -2.03. The fourth-order valence-electron chi connectivity index (χ4n) is 2.52. The van der Waals surface area contributed by atoms with Gasteiger partial charge in [-0.25, -0.2) is 0 Å². The normalized spacial score (nSPS) is 11.1. The molecule has 1 aromatic heterocycles. The Kier molecular flexibility index (Phi) is 12.1. The Morgan fingerprint density at radius 2 is 1.45 bits per heavy atom. The maximum atomic E-state index is 5.34. The average molecular weight is 297 g/mol. The highest BCUT2D eigenvalue weighted by Crippen LogP contribution is 2.15. The Labute approximate surface area is 129 Å². The molecule has 20 heavy (non-hydrogen) atoms. The molecule has 1 rings (SSSR count). The van der Waals surface area contributed by atoms with Crippen LogP contribution in [0.4, 0.5) is 0 Å². The summed E-state index contributed by atoms with van der Waals surface area (Å²) in [6.07, 6.45) is 15.2. The molecule has 0 radical (unpaired) electrons. The van der Waals surface area contributed by atoms with E-state index in [1.807, 2.05) is 11.3 Å². The Morgan fingerprint density at radius 1 is 0.850 bits per heavy atom. The summed E-state index contributed by atoms with van der Waals surface area (Å²) in [6.45, 7) is 3.90. The number of thiophene rings is 1. The van der Waals surface area contributed by atoms with Crippen molar-refractivity contribution in [2.75, 3.05) is 13.2 Å². The molecule has 0 aliphatic carbocycles. The molecule has 0 atom stereocenters. The minimum atomic E-state index is 0.868. The van der Waals surface area contributed by atoms with Gasteiger partial charge in [-0.3, -0.25) is 0 Å². The van der Waals surface area contributed by atoms with E-state index < -0.39 is 0 Å². The third-order valence-electron chi connectivity index (χ3n) is 3.75. The lowest BCUT2D eigenvalue weighted by atomic mass is 10.1. The smallest absolute Gasteiger partial charge is 0.0465 e. The quantitative estimate of drug-likeness (QED) is 0.370. The third kappa shape index (κ3) is 10.4. The molecule has 1 heterocycles. The van der Waals surface area contributed by atoms with Crippen LogP contribution in [0, 0.1) is 0 Å². The van der Waals surface area contributed by atoms with Crippen LogP contribution < -0.4 is 0 Å². The van der Waals surface area contributed by atoms with Crippen molar-refractivity contribution in [2.45, 2.75) is 77.6 Å². The van der Waals surface area contributed by atoms with Crippen molar-refractivity contribution in [3.05, 3.63) is 22.4 Å². The number of hydrogen-bond acceptors (Lipinski definition) is 2. The molecule has 0 aliphatic rings. The molecular weight excluding hydrogens is 264 g/mol. The summed E-state index contributed by atoms with van der Waals surface area (Å²) in [4.78, 5) is 1.55. The van der Waals surface area contributed by atoms with Gasteiger partial charge in [0.25, 0.3) is 0 Å². The molecular formula is C18H32OS. The first-order chi connectivity index (χ1) is 9.93. The Balaban J connectivity index is 1.70. The van der Waals surface area contributed by atoms with Gasteiger partial charge in [-0.1, -0.05) is 57.4 Å². The second kappa shape index (κ2) is 13.6. The van der Waals surface area contributed by atoms with Crippen LogP contribution in [0.15, 0.2) is 17.5 Å². The van der Waals surface area contributed by atoms with E-state index in [2.05, 4.69) is 24.4 Å². The fraction of sp³-hybridized carbons (Fsp3) is 0.778. The van der Waals surface area contributed by atoms with Gasteiger partial charge in [-0.05, 0) is 37.6 Å². The molecule has 0 saturated heterocycles. The molecule has 0 spiro atoms. The van der Waals surface area contributed by atoms with Crippen molar-refractivity contribution in [1.29, 1.82) is 0 Å². The van der Waals surface area contributed by atoms with E-state index in [0.717, 1.165) is 13.2 Å². The van der Waals surface area contributed by atoms with Crippen molar-refractivity contribution in [3.63, 3.8) is 0 Å². The molecule has 0 bridgehead atoms. The highest BCUT2D eigenvalue weighted by molar-refractivity contribution is 7.09. The molecule has 0 aliphatic heterocycles. The van der Waals surface area contributed by atoms with Crippen LogP contribution in [0.5, 0.6) is 0 Å². The monoisotopic (exact) mass is 296 g/mol. The van der Waals surface area contributed by atoms with Crippen LogP contribution >= 0.6 is 11.3 Å². The van der Waals surface area contributed by atoms with E-state index in [1.54, 1.807) is 4.88 Å². The van der Waals surface area contributed by atoms with Gasteiger partial charge < -0.3 is 4.74 Å². The molecule has 0 fully saturated rings. The molecule has 0 saturated carbocycles. The highest BCUT2D eigenvalue weighted by atomic mass is 32.1. The molecule has 1 nitrogen and oxygen atoms in total. The number of ether oxygens (including phenoxy) is 1. The van der Waals surface area contributed by atoms with E-state index in [9.17, 15) is 0 Å². The predicted molar refractivity (Wildman–Crippen MR) is 90.7 cm³/mol. The van der Waals surface area contributed by atoms with E-state index >= 15 is 0 Å². The van der Waals surface area contributed by atoms with Gasteiger partial charge in [0.15, 0.2) is 0 Å². The lowest BCUT2D eigenvalue weighted by molar-refractivity contribution is 0.143. The molecule has 1 aromatic rings. The fourth-order valence-corrected chi connectivity index (χ4v) is 3.27. The summed E-state index contributed by atoms with van der Waals surface area (Å²) in [7, 11) is 0. The maximum Gasteiger partial charge on any atom is 0.0465 e. The Bertz CT molecular complexity index is 282. The van der Waals surface area contributed by atoms with Gasteiger partial charge in [0, 0.05) is 18.1 Å². The van der Waals surface area contributed by atoms with Gasteiger partial charge >= 0.3 is 0 Å². The van der Waals surface area contributed by atoms with Gasteiger partial charge in [-0.2, -0.15) is 0 Å². The second-order valence-electron chi connectivity index (χ2n) is 5.56. The number of rotatable bonds is 14. The zero-order valence-corrected chi connectivity index (χ0v) is 14.1. The van der Waals surface area contributed by atoms with E-state index in [1.165, 1.54) is 70.6 Å². The van der Waals surface area contributed by atoms with Crippen LogP contribution in [0.25, 0.3) is 0 Å². The molecule has 0 amide bonds. The lowest BCUT2D eigenvalue weighted by Crippen LogP contribution is -1.92. The first-order valence-electron chi connectivity index (χ1n) is 8.53. The molecule has 0 N–H and O–H groups in total. The molecule has 2 heteroatoms. The van der Waals surface area contributed by atoms with E-state index in [0.29, 0.717) is 0 Å². The van der Waals surface area contributed by atoms with E-state index in [-0.39, 0.29) is 0 Å². The van der Waals surface area contributed by atoms with Crippen molar-refractivity contribution in [1.82, 2.24) is 0 Å². The summed E-state index contributed by atoms with van der Waals surface area (Å²) in [5.41, 5.74) is 0. The van der Waals surface area contributed by atoms with Crippen LogP contribution in [-0.4, -0.2) is 13.2 Å². The number of hydrogen-bond donors (Lipinski definition) is 0. The Hall–Kier alpha value is -0.340. The van der Waals surface area contributed by atoms with Crippen LogP contribution in [0.3, 0.4) is 0 Å². The molecule has 0 aromatic carbocycles. The minimum absolute atomic E-state index is 0.868. The van der Waals surface area contributed by atoms with Crippen molar-refractivity contribution < 1.29 is 4.74 Å². The van der Waals surface area contributed by atoms with Crippen molar-refractivity contribution in [2.24, 2.45) is 0 Å². The summed E-state index contributed by atoms with van der Waals surface area (Å²) in [6, 6.07) is 4.42. The largest absolute Gasteiger partial charge is 0.382 e. The number of unbranched alkanes of at least 4 members (excludes halogenated alkanes) is 9. The predicted octanol–water partition coefficient (Wildman–Crippen LogP) is 6.23. The van der Waals surface area contributed by atoms with Crippen molar-refractivity contribution in [3.8, 4) is 0 Å². The molecule has 0 unspecified atom stereocenters. The van der Waals surface area contributed by atoms with Gasteiger partial charge in [0.1, 0.15) is 0 Å². The zero-order chi connectivity index (χ0) is 14.3. The van der Waals surface area contributed by atoms with Gasteiger partial charge in [0.2, 0.25) is 0 Å². The molecule has 116 valence electrons. The Morgan fingerprint density at radius 3 is 2.00 bits per heavy atom. The highest BCUT2D eigenvalue weighted by Gasteiger charge is 1.95.